The van der Waals surface area contributed by atoms with Crippen molar-refractivity contribution in [1.82, 2.24) is 15.0 Å². The van der Waals surface area contributed by atoms with Gasteiger partial charge in [0.15, 0.2) is 11.6 Å². The molecule has 0 aliphatic heterocycles. The maximum atomic E-state index is 12.6. The molecule has 0 amide bonds. The van der Waals surface area contributed by atoms with Crippen molar-refractivity contribution >= 4 is 11.6 Å². The Morgan fingerprint density at radius 2 is 2.14 bits per heavy atom. The minimum atomic E-state index is -0.335. The predicted molar refractivity (Wildman–Crippen MR) is 110 cm³/mol. The Bertz CT molecular complexity index is 902. The van der Waals surface area contributed by atoms with Gasteiger partial charge in [-0.15, -0.1) is 0 Å². The van der Waals surface area contributed by atoms with E-state index < -0.39 is 0 Å². The van der Waals surface area contributed by atoms with Crippen molar-refractivity contribution in [3.05, 3.63) is 29.6 Å². The lowest BCUT2D eigenvalue weighted by atomic mass is 9.99. The van der Waals surface area contributed by atoms with Crippen molar-refractivity contribution in [2.75, 3.05) is 25.6 Å². The number of Topliss-reactive ketones (excluding diaryl/α,β-unsaturated/α-hetero) is 1. The predicted octanol–water partition coefficient (Wildman–Crippen LogP) is 2.59. The van der Waals surface area contributed by atoms with Crippen LogP contribution in [0, 0.1) is 5.92 Å². The first-order chi connectivity index (χ1) is 14.0. The van der Waals surface area contributed by atoms with E-state index in [-0.39, 0.29) is 24.3 Å². The molecule has 1 fully saturated rings. The van der Waals surface area contributed by atoms with Gasteiger partial charge in [0.1, 0.15) is 17.3 Å². The third-order valence-corrected chi connectivity index (χ3v) is 5.99. The highest BCUT2D eigenvalue weighted by Crippen LogP contribution is 2.32. The Morgan fingerprint density at radius 3 is 2.90 bits per heavy atom. The Morgan fingerprint density at radius 1 is 1.28 bits per heavy atom. The highest BCUT2D eigenvalue weighted by Gasteiger charge is 2.28. The number of pyridine rings is 1. The van der Waals surface area contributed by atoms with Gasteiger partial charge in [-0.25, -0.2) is 9.97 Å². The van der Waals surface area contributed by atoms with Gasteiger partial charge in [0.05, 0.1) is 19.8 Å². The molecule has 0 saturated heterocycles. The summed E-state index contributed by atoms with van der Waals surface area (Å²) in [5, 5.41) is 10.0. The topological polar surface area (TPSA) is 88.4 Å². The Hall–Kier alpha value is -2.54. The van der Waals surface area contributed by atoms with Crippen molar-refractivity contribution in [2.24, 2.45) is 5.92 Å². The number of hydrogen-bond donors (Lipinski definition) is 1. The number of ketones is 1. The van der Waals surface area contributed by atoms with Gasteiger partial charge in [0.2, 0.25) is 0 Å². The largest absolute Gasteiger partial charge is 0.497 e. The molecule has 1 saturated carbocycles. The molecule has 0 bridgehead atoms. The van der Waals surface area contributed by atoms with E-state index in [2.05, 4.69) is 4.98 Å². The molecular formula is C22H28N4O3. The van der Waals surface area contributed by atoms with Gasteiger partial charge in [0, 0.05) is 37.0 Å². The summed E-state index contributed by atoms with van der Waals surface area (Å²) in [6.07, 6.45) is 7.42. The average Bonchev–Trinajstić information content (AvgIpc) is 3.36. The molecule has 2 aliphatic carbocycles. The molecule has 154 valence electrons. The van der Waals surface area contributed by atoms with Crippen LogP contribution in [-0.4, -0.2) is 52.6 Å². The highest BCUT2D eigenvalue weighted by atomic mass is 16.5. The number of aliphatic hydroxyl groups is 1. The fourth-order valence-corrected chi connectivity index (χ4v) is 4.46. The molecule has 0 radical (unpaired) electrons. The number of carbonyl (C=O) groups is 1. The zero-order valence-corrected chi connectivity index (χ0v) is 17.1. The standard InChI is InChI=1S/C22H28N4O3/c1-26(13-15(27)11-14-5-3-8-20(14)28)22-17-6-4-7-18(17)24-21(25-22)19-12-16(29-2)9-10-23-19/h9-10,12,14,20,28H,3-8,11,13H2,1-2H3/t14-,20+/m0/s1. The van der Waals surface area contributed by atoms with Crippen molar-refractivity contribution in [2.45, 2.75) is 51.0 Å². The summed E-state index contributed by atoms with van der Waals surface area (Å²) in [6.45, 7) is 0.289. The lowest BCUT2D eigenvalue weighted by Gasteiger charge is -2.22. The van der Waals surface area contributed by atoms with E-state index >= 15 is 0 Å². The quantitative estimate of drug-likeness (QED) is 0.769. The molecule has 0 unspecified atom stereocenters. The molecule has 4 rings (SSSR count). The summed E-state index contributed by atoms with van der Waals surface area (Å²) in [6, 6.07) is 3.62. The second-order valence-electron chi connectivity index (χ2n) is 8.09. The number of aliphatic hydroxyl groups excluding tert-OH is 1. The van der Waals surface area contributed by atoms with Crippen LogP contribution in [0.15, 0.2) is 18.3 Å². The fraction of sp³-hybridized carbons (Fsp3) is 0.545. The van der Waals surface area contributed by atoms with Crippen LogP contribution < -0.4 is 9.64 Å². The number of ether oxygens (including phenoxy) is 1. The van der Waals surface area contributed by atoms with E-state index in [0.717, 1.165) is 55.6 Å². The number of rotatable bonds is 7. The number of nitrogens with zero attached hydrogens (tertiary/aromatic N) is 4. The van der Waals surface area contributed by atoms with E-state index in [1.54, 1.807) is 19.4 Å². The molecule has 2 aliphatic rings. The molecule has 2 heterocycles. The van der Waals surface area contributed by atoms with Crippen LogP contribution in [0.5, 0.6) is 5.75 Å². The maximum absolute atomic E-state index is 12.6. The van der Waals surface area contributed by atoms with E-state index in [1.165, 1.54) is 0 Å². The molecular weight excluding hydrogens is 368 g/mol. The van der Waals surface area contributed by atoms with Crippen molar-refractivity contribution in [3.63, 3.8) is 0 Å². The zero-order valence-electron chi connectivity index (χ0n) is 17.1. The zero-order chi connectivity index (χ0) is 20.4. The van der Waals surface area contributed by atoms with Gasteiger partial charge in [-0.2, -0.15) is 0 Å². The highest BCUT2D eigenvalue weighted by molar-refractivity contribution is 5.83. The van der Waals surface area contributed by atoms with Gasteiger partial charge in [-0.3, -0.25) is 9.78 Å². The summed E-state index contributed by atoms with van der Waals surface area (Å²) in [4.78, 5) is 28.5. The van der Waals surface area contributed by atoms with E-state index in [4.69, 9.17) is 14.7 Å². The van der Waals surface area contributed by atoms with Crippen LogP contribution in [0.25, 0.3) is 11.5 Å². The van der Waals surface area contributed by atoms with Gasteiger partial charge in [0.25, 0.3) is 0 Å². The fourth-order valence-electron chi connectivity index (χ4n) is 4.46. The van der Waals surface area contributed by atoms with Gasteiger partial charge >= 0.3 is 0 Å². The minimum Gasteiger partial charge on any atom is -0.497 e. The molecule has 2 aromatic heterocycles. The molecule has 7 heteroatoms. The monoisotopic (exact) mass is 396 g/mol. The van der Waals surface area contributed by atoms with Crippen LogP contribution in [0.2, 0.25) is 0 Å². The normalized spacial score (nSPS) is 20.5. The minimum absolute atomic E-state index is 0.101. The number of likely N-dealkylation sites (N-methyl/N-ethyl adjacent to an activating group) is 1. The van der Waals surface area contributed by atoms with Gasteiger partial charge in [-0.05, 0) is 44.1 Å². The molecule has 7 nitrogen and oxygen atoms in total. The van der Waals surface area contributed by atoms with E-state index in [9.17, 15) is 9.90 Å². The van der Waals surface area contributed by atoms with Crippen molar-refractivity contribution in [3.8, 4) is 17.3 Å². The number of fused-ring (bicyclic) bond motifs is 1. The van der Waals surface area contributed by atoms with Crippen LogP contribution >= 0.6 is 0 Å². The second-order valence-corrected chi connectivity index (χ2v) is 8.09. The number of aryl methyl sites for hydroxylation is 1. The molecule has 2 atom stereocenters. The number of anilines is 1. The Kier molecular flexibility index (Phi) is 5.76. The Labute approximate surface area is 171 Å². The molecule has 0 aromatic carbocycles. The molecule has 1 N–H and O–H groups in total. The first-order valence-corrected chi connectivity index (χ1v) is 10.4. The lowest BCUT2D eigenvalue weighted by molar-refractivity contribution is -0.119. The molecule has 29 heavy (non-hydrogen) atoms. The van der Waals surface area contributed by atoms with Crippen molar-refractivity contribution < 1.29 is 14.6 Å². The summed E-state index contributed by atoms with van der Waals surface area (Å²) in [5.74, 6) is 2.32. The summed E-state index contributed by atoms with van der Waals surface area (Å²) in [5.41, 5.74) is 2.84. The average molecular weight is 396 g/mol. The molecule has 2 aromatic rings. The van der Waals surface area contributed by atoms with Crippen LogP contribution in [0.4, 0.5) is 5.82 Å². The van der Waals surface area contributed by atoms with Gasteiger partial charge in [-0.1, -0.05) is 6.42 Å². The number of hydrogen-bond acceptors (Lipinski definition) is 7. The van der Waals surface area contributed by atoms with Gasteiger partial charge < -0.3 is 14.7 Å². The first-order valence-electron chi connectivity index (χ1n) is 10.4. The molecule has 0 spiro atoms. The van der Waals surface area contributed by atoms with E-state index in [0.29, 0.717) is 23.7 Å². The lowest BCUT2D eigenvalue weighted by Crippen LogP contribution is -2.30. The summed E-state index contributed by atoms with van der Waals surface area (Å²) < 4.78 is 5.30. The maximum Gasteiger partial charge on any atom is 0.180 e. The van der Waals surface area contributed by atoms with Crippen LogP contribution in [0.3, 0.4) is 0 Å². The number of carbonyl (C=O) groups excluding carboxylic acids is 1. The second kappa shape index (κ2) is 8.45. The number of methoxy groups -OCH3 is 1. The SMILES string of the molecule is COc1ccnc(-c2nc3c(c(N(C)CC(=O)C[C@@H]4CCC[C@H]4O)n2)CCC3)c1. The Balaban J connectivity index is 1.57. The smallest absolute Gasteiger partial charge is 0.180 e. The summed E-state index contributed by atoms with van der Waals surface area (Å²) in [7, 11) is 3.53. The number of aromatic nitrogens is 3. The third kappa shape index (κ3) is 4.24. The summed E-state index contributed by atoms with van der Waals surface area (Å²) >= 11 is 0. The first kappa shape index (κ1) is 19.8. The van der Waals surface area contributed by atoms with Crippen LogP contribution in [0.1, 0.15) is 43.4 Å². The van der Waals surface area contributed by atoms with Crippen molar-refractivity contribution in [1.29, 1.82) is 0 Å². The van der Waals surface area contributed by atoms with Crippen LogP contribution in [-0.2, 0) is 17.6 Å². The van der Waals surface area contributed by atoms with E-state index in [1.807, 2.05) is 18.0 Å². The third-order valence-electron chi connectivity index (χ3n) is 5.99.